The molecule has 0 saturated carbocycles. The molecule has 0 atom stereocenters. The van der Waals surface area contributed by atoms with Crippen LogP contribution in [-0.2, 0) is 0 Å². The SMILES string of the molecule is COc1cc(C(C#N)=Cc2ccc([N+](=O)[O-])cc2)c([N+](=O)[O-])cc1OC. The maximum atomic E-state index is 11.4. The predicted octanol–water partition coefficient (Wildman–Crippen LogP) is 3.58. The summed E-state index contributed by atoms with van der Waals surface area (Å²) in [4.78, 5) is 20.9. The van der Waals surface area contributed by atoms with Crippen LogP contribution < -0.4 is 9.47 Å². The van der Waals surface area contributed by atoms with E-state index in [2.05, 4.69) is 0 Å². The van der Waals surface area contributed by atoms with E-state index in [1.54, 1.807) is 0 Å². The molecule has 26 heavy (non-hydrogen) atoms. The third-order valence-electron chi connectivity index (χ3n) is 3.52. The Morgan fingerprint density at radius 1 is 1.04 bits per heavy atom. The maximum Gasteiger partial charge on any atom is 0.281 e. The van der Waals surface area contributed by atoms with Gasteiger partial charge in [0.1, 0.15) is 6.07 Å². The highest BCUT2D eigenvalue weighted by Gasteiger charge is 2.22. The minimum atomic E-state index is -0.627. The molecule has 0 radical (unpaired) electrons. The van der Waals surface area contributed by atoms with E-state index in [-0.39, 0.29) is 34.0 Å². The fourth-order valence-electron chi connectivity index (χ4n) is 2.26. The summed E-state index contributed by atoms with van der Waals surface area (Å²) in [5, 5.41) is 31.5. The molecule has 0 unspecified atom stereocenters. The number of hydrogen-bond acceptors (Lipinski definition) is 7. The summed E-state index contributed by atoms with van der Waals surface area (Å²) in [6, 6.07) is 9.89. The first-order valence-corrected chi connectivity index (χ1v) is 7.18. The van der Waals surface area contributed by atoms with Crippen molar-refractivity contribution in [1.29, 1.82) is 5.26 Å². The summed E-state index contributed by atoms with van der Waals surface area (Å²) < 4.78 is 10.2. The Balaban J connectivity index is 2.60. The number of nitriles is 1. The quantitative estimate of drug-likeness (QED) is 0.335. The lowest BCUT2D eigenvalue weighted by Gasteiger charge is -2.10. The first kappa shape index (κ1) is 18.4. The molecule has 0 aliphatic heterocycles. The Morgan fingerprint density at radius 3 is 2.08 bits per heavy atom. The third kappa shape index (κ3) is 3.76. The molecular weight excluding hydrogens is 342 g/mol. The molecule has 0 spiro atoms. The number of methoxy groups -OCH3 is 2. The molecule has 0 aromatic heterocycles. The van der Waals surface area contributed by atoms with Crippen LogP contribution in [0.1, 0.15) is 11.1 Å². The smallest absolute Gasteiger partial charge is 0.281 e. The molecule has 132 valence electrons. The van der Waals surface area contributed by atoms with E-state index in [0.717, 1.165) is 0 Å². The lowest BCUT2D eigenvalue weighted by molar-refractivity contribution is -0.385. The minimum absolute atomic E-state index is 0.00602. The summed E-state index contributed by atoms with van der Waals surface area (Å²) in [6.07, 6.45) is 1.40. The van der Waals surface area contributed by atoms with Crippen molar-refractivity contribution in [3.8, 4) is 17.6 Å². The first-order valence-electron chi connectivity index (χ1n) is 7.18. The second-order valence-electron chi connectivity index (χ2n) is 5.00. The monoisotopic (exact) mass is 355 g/mol. The fraction of sp³-hybridized carbons (Fsp3) is 0.118. The van der Waals surface area contributed by atoms with E-state index in [4.69, 9.17) is 9.47 Å². The van der Waals surface area contributed by atoms with Crippen molar-refractivity contribution in [2.45, 2.75) is 0 Å². The van der Waals surface area contributed by atoms with E-state index in [9.17, 15) is 25.5 Å². The number of allylic oxidation sites excluding steroid dienone is 1. The van der Waals surface area contributed by atoms with Crippen LogP contribution in [0.2, 0.25) is 0 Å². The van der Waals surface area contributed by atoms with Crippen molar-refractivity contribution < 1.29 is 19.3 Å². The number of benzene rings is 2. The van der Waals surface area contributed by atoms with Gasteiger partial charge in [-0.05, 0) is 29.8 Å². The first-order chi connectivity index (χ1) is 12.4. The number of ether oxygens (including phenoxy) is 2. The zero-order chi connectivity index (χ0) is 19.3. The summed E-state index contributed by atoms with van der Waals surface area (Å²) in [7, 11) is 2.72. The minimum Gasteiger partial charge on any atom is -0.493 e. The van der Waals surface area contributed by atoms with E-state index in [1.165, 1.54) is 56.7 Å². The van der Waals surface area contributed by atoms with Gasteiger partial charge >= 0.3 is 0 Å². The standard InChI is InChI=1S/C17H13N3O6/c1-25-16-8-14(15(20(23)24)9-17(16)26-2)12(10-18)7-11-3-5-13(6-4-11)19(21)22/h3-9H,1-2H3. The maximum absolute atomic E-state index is 11.4. The van der Waals surface area contributed by atoms with Crippen LogP contribution in [0, 0.1) is 31.6 Å². The van der Waals surface area contributed by atoms with Gasteiger partial charge in [-0.3, -0.25) is 20.2 Å². The van der Waals surface area contributed by atoms with Crippen LogP contribution in [0.25, 0.3) is 11.6 Å². The molecule has 9 heteroatoms. The average molecular weight is 355 g/mol. The Hall–Kier alpha value is -3.93. The summed E-state index contributed by atoms with van der Waals surface area (Å²) in [5.41, 5.74) is 0.117. The van der Waals surface area contributed by atoms with Gasteiger partial charge in [-0.2, -0.15) is 5.26 Å². The van der Waals surface area contributed by atoms with E-state index in [1.807, 2.05) is 6.07 Å². The second kappa shape index (κ2) is 7.76. The average Bonchev–Trinajstić information content (AvgIpc) is 2.65. The molecule has 0 bridgehead atoms. The van der Waals surface area contributed by atoms with Gasteiger partial charge in [0.15, 0.2) is 11.5 Å². The van der Waals surface area contributed by atoms with Gasteiger partial charge in [0.2, 0.25) is 0 Å². The molecule has 2 rings (SSSR count). The Morgan fingerprint density at radius 2 is 1.62 bits per heavy atom. The van der Waals surface area contributed by atoms with Crippen molar-refractivity contribution in [2.75, 3.05) is 14.2 Å². The van der Waals surface area contributed by atoms with Crippen molar-refractivity contribution in [1.82, 2.24) is 0 Å². The summed E-state index contributed by atoms with van der Waals surface area (Å²) in [6.45, 7) is 0. The van der Waals surface area contributed by atoms with E-state index < -0.39 is 9.85 Å². The van der Waals surface area contributed by atoms with Gasteiger partial charge in [-0.15, -0.1) is 0 Å². The molecule has 0 N–H and O–H groups in total. The highest BCUT2D eigenvalue weighted by Crippen LogP contribution is 2.38. The van der Waals surface area contributed by atoms with Gasteiger partial charge in [-0.1, -0.05) is 0 Å². The van der Waals surface area contributed by atoms with Crippen LogP contribution in [0.4, 0.5) is 11.4 Å². The van der Waals surface area contributed by atoms with Gasteiger partial charge in [0.05, 0.1) is 41.3 Å². The van der Waals surface area contributed by atoms with Crippen LogP contribution >= 0.6 is 0 Å². The summed E-state index contributed by atoms with van der Waals surface area (Å²) in [5.74, 6) is 0.397. The number of hydrogen-bond donors (Lipinski definition) is 0. The second-order valence-corrected chi connectivity index (χ2v) is 5.00. The summed E-state index contributed by atoms with van der Waals surface area (Å²) >= 11 is 0. The van der Waals surface area contributed by atoms with Crippen molar-refractivity contribution in [3.05, 3.63) is 67.8 Å². The number of nitro benzene ring substituents is 2. The van der Waals surface area contributed by atoms with Crippen molar-refractivity contribution >= 4 is 23.0 Å². The van der Waals surface area contributed by atoms with Crippen molar-refractivity contribution in [3.63, 3.8) is 0 Å². The van der Waals surface area contributed by atoms with Crippen LogP contribution in [0.15, 0.2) is 36.4 Å². The Bertz CT molecular complexity index is 929. The number of nitro groups is 2. The van der Waals surface area contributed by atoms with Crippen LogP contribution in [0.3, 0.4) is 0 Å². The molecule has 2 aromatic carbocycles. The predicted molar refractivity (Wildman–Crippen MR) is 92.8 cm³/mol. The van der Waals surface area contributed by atoms with E-state index >= 15 is 0 Å². The van der Waals surface area contributed by atoms with Gasteiger partial charge in [-0.25, -0.2) is 0 Å². The van der Waals surface area contributed by atoms with Crippen LogP contribution in [0.5, 0.6) is 11.5 Å². The molecule has 2 aromatic rings. The zero-order valence-corrected chi connectivity index (χ0v) is 13.8. The molecular formula is C17H13N3O6. The topological polar surface area (TPSA) is 129 Å². The van der Waals surface area contributed by atoms with Gasteiger partial charge in [0.25, 0.3) is 11.4 Å². The Kier molecular flexibility index (Phi) is 5.49. The number of rotatable bonds is 6. The van der Waals surface area contributed by atoms with Crippen molar-refractivity contribution in [2.24, 2.45) is 0 Å². The third-order valence-corrected chi connectivity index (χ3v) is 3.52. The zero-order valence-electron chi connectivity index (χ0n) is 13.8. The lowest BCUT2D eigenvalue weighted by Crippen LogP contribution is -1.98. The number of non-ortho nitro benzene ring substituents is 1. The fourth-order valence-corrected chi connectivity index (χ4v) is 2.26. The molecule has 0 saturated heterocycles. The molecule has 0 amide bonds. The van der Waals surface area contributed by atoms with E-state index in [0.29, 0.717) is 5.56 Å². The normalized spacial score (nSPS) is 10.7. The molecule has 0 aliphatic carbocycles. The highest BCUT2D eigenvalue weighted by molar-refractivity contribution is 5.93. The number of nitrogens with zero attached hydrogens (tertiary/aromatic N) is 3. The molecule has 0 fully saturated rings. The Labute approximate surface area is 148 Å². The van der Waals surface area contributed by atoms with Gasteiger partial charge in [0, 0.05) is 12.1 Å². The largest absolute Gasteiger partial charge is 0.493 e. The molecule has 0 aliphatic rings. The molecule has 9 nitrogen and oxygen atoms in total. The highest BCUT2D eigenvalue weighted by atomic mass is 16.6. The molecule has 0 heterocycles. The van der Waals surface area contributed by atoms with Gasteiger partial charge < -0.3 is 9.47 Å². The van der Waals surface area contributed by atoms with Crippen LogP contribution in [-0.4, -0.2) is 24.1 Å². The lowest BCUT2D eigenvalue weighted by atomic mass is 10.0.